The van der Waals surface area contributed by atoms with Gasteiger partial charge < -0.3 is 10.2 Å². The van der Waals surface area contributed by atoms with Crippen LogP contribution in [0, 0.1) is 0 Å². The van der Waals surface area contributed by atoms with E-state index in [4.69, 9.17) is 0 Å². The molecule has 1 aliphatic heterocycles. The molecule has 1 aliphatic carbocycles. The van der Waals surface area contributed by atoms with E-state index in [0.29, 0.717) is 17.9 Å². The predicted octanol–water partition coefficient (Wildman–Crippen LogP) is 2.18. The summed E-state index contributed by atoms with van der Waals surface area (Å²) in [6.45, 7) is 0.683. The highest BCUT2D eigenvalue weighted by atomic mass is 16.2. The monoisotopic (exact) mass is 370 g/mol. The predicted molar refractivity (Wildman–Crippen MR) is 99.1 cm³/mol. The van der Waals surface area contributed by atoms with Crippen LogP contribution < -0.4 is 5.32 Å². The maximum Gasteiger partial charge on any atom is 0.274 e. The maximum atomic E-state index is 12.9. The Kier molecular flexibility index (Phi) is 4.96. The summed E-state index contributed by atoms with van der Waals surface area (Å²) in [6.07, 6.45) is 9.05. The topological polar surface area (TPSA) is 95.9 Å². The average Bonchev–Trinajstić information content (AvgIpc) is 3.43. The second-order valence-electron chi connectivity index (χ2n) is 7.55. The minimum Gasteiger partial charge on any atom is -0.348 e. The largest absolute Gasteiger partial charge is 0.348 e. The summed E-state index contributed by atoms with van der Waals surface area (Å²) >= 11 is 0. The molecule has 2 amide bonds. The standard InChI is InChI=1S/C19H26N6O2/c1-24-11-9-14(23-24)19(27)25-10-5-4-8-17(25)15-12-16(22-21-15)18(26)20-13-6-2-3-7-13/h9,11-13,17H,2-8,10H2,1H3,(H,20,26)(H,21,22)/t17-/m1/s1. The van der Waals surface area contributed by atoms with Gasteiger partial charge in [0.15, 0.2) is 0 Å². The molecule has 0 spiro atoms. The summed E-state index contributed by atoms with van der Waals surface area (Å²) in [7, 11) is 1.80. The molecule has 2 aromatic rings. The lowest BCUT2D eigenvalue weighted by Crippen LogP contribution is -2.39. The van der Waals surface area contributed by atoms with Crippen molar-refractivity contribution in [3.8, 4) is 0 Å². The number of aromatic nitrogens is 4. The van der Waals surface area contributed by atoms with E-state index < -0.39 is 0 Å². The van der Waals surface area contributed by atoms with Crippen LogP contribution >= 0.6 is 0 Å². The fraction of sp³-hybridized carbons (Fsp3) is 0.579. The molecule has 1 saturated carbocycles. The molecule has 8 nitrogen and oxygen atoms in total. The molecule has 144 valence electrons. The molecule has 4 rings (SSSR count). The third-order valence-corrected chi connectivity index (χ3v) is 5.58. The molecular formula is C19H26N6O2. The number of carbonyl (C=O) groups is 2. The van der Waals surface area contributed by atoms with E-state index in [1.165, 1.54) is 12.8 Å². The van der Waals surface area contributed by atoms with Crippen molar-refractivity contribution in [2.75, 3.05) is 6.54 Å². The molecule has 0 unspecified atom stereocenters. The van der Waals surface area contributed by atoms with Crippen LogP contribution in [0.2, 0.25) is 0 Å². The van der Waals surface area contributed by atoms with Gasteiger partial charge in [0.2, 0.25) is 0 Å². The van der Waals surface area contributed by atoms with Gasteiger partial charge in [-0.15, -0.1) is 0 Å². The van der Waals surface area contributed by atoms with Gasteiger partial charge in [-0.05, 0) is 44.2 Å². The second kappa shape index (κ2) is 7.54. The van der Waals surface area contributed by atoms with Gasteiger partial charge in [-0.3, -0.25) is 19.4 Å². The fourth-order valence-corrected chi connectivity index (χ4v) is 4.13. The van der Waals surface area contributed by atoms with Gasteiger partial charge in [0.25, 0.3) is 11.8 Å². The van der Waals surface area contributed by atoms with Crippen molar-refractivity contribution in [3.05, 3.63) is 35.4 Å². The highest BCUT2D eigenvalue weighted by Crippen LogP contribution is 2.31. The molecule has 0 bridgehead atoms. The Hall–Kier alpha value is -2.64. The van der Waals surface area contributed by atoms with Gasteiger partial charge in [0, 0.05) is 25.8 Å². The molecular weight excluding hydrogens is 344 g/mol. The summed E-state index contributed by atoms with van der Waals surface area (Å²) in [5.41, 5.74) is 1.66. The van der Waals surface area contributed by atoms with Gasteiger partial charge in [0.1, 0.15) is 11.4 Å². The molecule has 0 radical (unpaired) electrons. The molecule has 2 N–H and O–H groups in total. The van der Waals surface area contributed by atoms with Crippen molar-refractivity contribution < 1.29 is 9.59 Å². The van der Waals surface area contributed by atoms with E-state index in [1.54, 1.807) is 30.1 Å². The minimum absolute atomic E-state index is 0.0770. The Morgan fingerprint density at radius 1 is 1.15 bits per heavy atom. The molecule has 2 fully saturated rings. The number of amides is 2. The van der Waals surface area contributed by atoms with Crippen molar-refractivity contribution in [2.24, 2.45) is 7.05 Å². The second-order valence-corrected chi connectivity index (χ2v) is 7.55. The van der Waals surface area contributed by atoms with Crippen LogP contribution in [0.3, 0.4) is 0 Å². The number of piperidine rings is 1. The van der Waals surface area contributed by atoms with Crippen molar-refractivity contribution in [1.29, 1.82) is 0 Å². The van der Waals surface area contributed by atoms with Gasteiger partial charge in [-0.25, -0.2) is 0 Å². The summed E-state index contributed by atoms with van der Waals surface area (Å²) in [4.78, 5) is 27.2. The van der Waals surface area contributed by atoms with E-state index in [9.17, 15) is 9.59 Å². The lowest BCUT2D eigenvalue weighted by atomic mass is 9.98. The van der Waals surface area contributed by atoms with E-state index in [2.05, 4.69) is 20.6 Å². The Morgan fingerprint density at radius 2 is 1.93 bits per heavy atom. The number of hydrogen-bond acceptors (Lipinski definition) is 4. The fourth-order valence-electron chi connectivity index (χ4n) is 4.13. The third kappa shape index (κ3) is 3.74. The summed E-state index contributed by atoms with van der Waals surface area (Å²) in [5, 5.41) is 14.5. The zero-order valence-corrected chi connectivity index (χ0v) is 15.6. The van der Waals surface area contributed by atoms with Crippen molar-refractivity contribution >= 4 is 11.8 Å². The van der Waals surface area contributed by atoms with E-state index in [1.807, 2.05) is 4.90 Å². The van der Waals surface area contributed by atoms with Gasteiger partial charge in [0.05, 0.1) is 11.7 Å². The zero-order chi connectivity index (χ0) is 18.8. The highest BCUT2D eigenvalue weighted by Gasteiger charge is 2.31. The van der Waals surface area contributed by atoms with E-state index in [0.717, 1.165) is 37.8 Å². The lowest BCUT2D eigenvalue weighted by Gasteiger charge is -2.34. The summed E-state index contributed by atoms with van der Waals surface area (Å²) < 4.78 is 1.63. The molecule has 1 saturated heterocycles. The summed E-state index contributed by atoms with van der Waals surface area (Å²) in [6, 6.07) is 3.68. The van der Waals surface area contributed by atoms with Crippen LogP contribution in [0.1, 0.15) is 77.7 Å². The van der Waals surface area contributed by atoms with Gasteiger partial charge in [-0.2, -0.15) is 10.2 Å². The Morgan fingerprint density at radius 3 is 2.67 bits per heavy atom. The number of likely N-dealkylation sites (tertiary alicyclic amines) is 1. The Balaban J connectivity index is 1.49. The average molecular weight is 370 g/mol. The smallest absolute Gasteiger partial charge is 0.274 e. The number of carbonyl (C=O) groups excluding carboxylic acids is 2. The number of hydrogen-bond donors (Lipinski definition) is 2. The van der Waals surface area contributed by atoms with E-state index in [-0.39, 0.29) is 23.9 Å². The maximum absolute atomic E-state index is 12.9. The lowest BCUT2D eigenvalue weighted by molar-refractivity contribution is 0.0599. The van der Waals surface area contributed by atoms with E-state index >= 15 is 0 Å². The van der Waals surface area contributed by atoms with Crippen molar-refractivity contribution in [2.45, 2.75) is 57.0 Å². The van der Waals surface area contributed by atoms with Crippen LogP contribution in [-0.2, 0) is 7.05 Å². The first-order valence-electron chi connectivity index (χ1n) is 9.78. The number of aromatic amines is 1. The molecule has 3 heterocycles. The minimum atomic E-state index is -0.136. The third-order valence-electron chi connectivity index (χ3n) is 5.58. The molecule has 1 atom stereocenters. The van der Waals surface area contributed by atoms with Crippen LogP contribution in [0.5, 0.6) is 0 Å². The van der Waals surface area contributed by atoms with Crippen LogP contribution in [0.25, 0.3) is 0 Å². The summed E-state index contributed by atoms with van der Waals surface area (Å²) in [5.74, 6) is -0.213. The normalized spacial score (nSPS) is 20.8. The number of aryl methyl sites for hydroxylation is 1. The van der Waals surface area contributed by atoms with Crippen LogP contribution in [0.15, 0.2) is 18.3 Å². The Labute approximate surface area is 158 Å². The molecule has 8 heteroatoms. The zero-order valence-electron chi connectivity index (χ0n) is 15.6. The first-order valence-corrected chi connectivity index (χ1v) is 9.78. The SMILES string of the molecule is Cn1ccc(C(=O)N2CCCC[C@@H]2c2cc(C(=O)NC3CCCC3)n[nH]2)n1. The Bertz CT molecular complexity index is 820. The first-order chi connectivity index (χ1) is 13.1. The van der Waals surface area contributed by atoms with Gasteiger partial charge in [-0.1, -0.05) is 12.8 Å². The molecule has 27 heavy (non-hydrogen) atoms. The molecule has 2 aromatic heterocycles. The van der Waals surface area contributed by atoms with Gasteiger partial charge >= 0.3 is 0 Å². The first kappa shape index (κ1) is 17.8. The van der Waals surface area contributed by atoms with Crippen molar-refractivity contribution in [1.82, 2.24) is 30.2 Å². The molecule has 2 aliphatic rings. The van der Waals surface area contributed by atoms with Crippen molar-refractivity contribution in [3.63, 3.8) is 0 Å². The number of nitrogens with zero attached hydrogens (tertiary/aromatic N) is 4. The number of nitrogens with one attached hydrogen (secondary N) is 2. The highest BCUT2D eigenvalue weighted by molar-refractivity contribution is 5.93. The quantitative estimate of drug-likeness (QED) is 0.862. The van der Waals surface area contributed by atoms with Crippen LogP contribution in [0.4, 0.5) is 0 Å². The number of rotatable bonds is 4. The molecule has 0 aromatic carbocycles. The van der Waals surface area contributed by atoms with Crippen LogP contribution in [-0.4, -0.2) is 49.3 Å². The number of H-pyrrole nitrogens is 1.